The van der Waals surface area contributed by atoms with Crippen LogP contribution in [0.5, 0.6) is 0 Å². The molecule has 3 aliphatic heterocycles. The SMILES string of the molecule is C[C@@H]1OCC2(CCN(c3cnc4c(N5CCCc6sccc65)n[nH]c4n3)CC2)[C@@H]1N. The van der Waals surface area contributed by atoms with Crippen molar-refractivity contribution >= 4 is 39.8 Å². The maximum Gasteiger partial charge on any atom is 0.183 e. The van der Waals surface area contributed by atoms with Crippen molar-refractivity contribution in [3.05, 3.63) is 22.5 Å². The Morgan fingerprint density at radius 2 is 2.17 bits per heavy atom. The molecule has 30 heavy (non-hydrogen) atoms. The van der Waals surface area contributed by atoms with Crippen LogP contribution in [-0.4, -0.2) is 58.6 Å². The summed E-state index contributed by atoms with van der Waals surface area (Å²) < 4.78 is 5.85. The number of fused-ring (bicyclic) bond motifs is 2. The third kappa shape index (κ3) is 2.75. The molecular weight excluding hydrogens is 398 g/mol. The summed E-state index contributed by atoms with van der Waals surface area (Å²) in [4.78, 5) is 15.7. The number of hydrogen-bond acceptors (Lipinski definition) is 8. The Hall–Kier alpha value is -2.23. The molecule has 0 saturated carbocycles. The van der Waals surface area contributed by atoms with E-state index in [2.05, 4.69) is 38.4 Å². The molecule has 2 atom stereocenters. The Bertz CT molecular complexity index is 1070. The Morgan fingerprint density at radius 1 is 1.30 bits per heavy atom. The summed E-state index contributed by atoms with van der Waals surface area (Å²) in [5.74, 6) is 1.78. The molecule has 0 aliphatic carbocycles. The fourth-order valence-corrected chi connectivity index (χ4v) is 6.20. The van der Waals surface area contributed by atoms with Gasteiger partial charge in [0.05, 0.1) is 24.6 Å². The van der Waals surface area contributed by atoms with Crippen LogP contribution in [0.2, 0.25) is 0 Å². The zero-order valence-corrected chi connectivity index (χ0v) is 18.0. The number of aryl methyl sites for hydroxylation is 1. The van der Waals surface area contributed by atoms with Crippen molar-refractivity contribution < 1.29 is 4.74 Å². The normalized spacial score (nSPS) is 25.9. The molecule has 3 aliphatic rings. The second kappa shape index (κ2) is 6.90. The topological polar surface area (TPSA) is 96.2 Å². The molecule has 0 amide bonds. The molecule has 0 aromatic carbocycles. The quantitative estimate of drug-likeness (QED) is 0.652. The highest BCUT2D eigenvalue weighted by Gasteiger charge is 2.47. The number of hydrogen-bond donors (Lipinski definition) is 2. The van der Waals surface area contributed by atoms with Gasteiger partial charge in [0.25, 0.3) is 0 Å². The first-order valence-electron chi connectivity index (χ1n) is 10.8. The molecule has 8 nitrogen and oxygen atoms in total. The average Bonchev–Trinajstić information content (AvgIpc) is 3.49. The monoisotopic (exact) mass is 425 g/mol. The molecule has 158 valence electrons. The number of ether oxygens (including phenoxy) is 1. The van der Waals surface area contributed by atoms with Gasteiger partial charge in [-0.1, -0.05) is 0 Å². The van der Waals surface area contributed by atoms with Gasteiger partial charge in [-0.15, -0.1) is 11.3 Å². The lowest BCUT2D eigenvalue weighted by Gasteiger charge is -2.41. The van der Waals surface area contributed by atoms with E-state index >= 15 is 0 Å². The van der Waals surface area contributed by atoms with E-state index in [4.69, 9.17) is 20.4 Å². The van der Waals surface area contributed by atoms with Crippen molar-refractivity contribution in [1.82, 2.24) is 20.2 Å². The van der Waals surface area contributed by atoms with Gasteiger partial charge in [0.15, 0.2) is 17.0 Å². The van der Waals surface area contributed by atoms with Crippen LogP contribution >= 0.6 is 11.3 Å². The number of piperidine rings is 1. The zero-order chi connectivity index (χ0) is 20.3. The van der Waals surface area contributed by atoms with E-state index in [0.717, 1.165) is 74.7 Å². The van der Waals surface area contributed by atoms with Crippen LogP contribution in [0.1, 0.15) is 31.1 Å². The first-order chi connectivity index (χ1) is 14.6. The van der Waals surface area contributed by atoms with Crippen molar-refractivity contribution in [2.75, 3.05) is 36.0 Å². The number of aromatic nitrogens is 4. The molecule has 3 aromatic heterocycles. The Labute approximate surface area is 179 Å². The van der Waals surface area contributed by atoms with Gasteiger partial charge in [-0.3, -0.25) is 5.10 Å². The van der Waals surface area contributed by atoms with Gasteiger partial charge < -0.3 is 20.3 Å². The first kappa shape index (κ1) is 18.5. The molecule has 0 bridgehead atoms. The maximum atomic E-state index is 6.46. The summed E-state index contributed by atoms with van der Waals surface area (Å²) >= 11 is 1.82. The van der Waals surface area contributed by atoms with Gasteiger partial charge in [-0.05, 0) is 44.1 Å². The fourth-order valence-electron chi connectivity index (χ4n) is 5.27. The van der Waals surface area contributed by atoms with E-state index in [0.29, 0.717) is 0 Å². The molecule has 9 heteroatoms. The molecule has 6 heterocycles. The van der Waals surface area contributed by atoms with Crippen LogP contribution in [-0.2, 0) is 11.2 Å². The number of thiophene rings is 1. The van der Waals surface area contributed by atoms with E-state index in [9.17, 15) is 0 Å². The molecule has 2 fully saturated rings. The third-order valence-corrected chi connectivity index (χ3v) is 8.19. The van der Waals surface area contributed by atoms with Gasteiger partial charge in [-0.2, -0.15) is 5.10 Å². The average molecular weight is 426 g/mol. The molecule has 6 rings (SSSR count). The van der Waals surface area contributed by atoms with Crippen molar-refractivity contribution in [2.45, 2.75) is 44.8 Å². The second-order valence-electron chi connectivity index (χ2n) is 8.85. The molecule has 2 saturated heterocycles. The summed E-state index contributed by atoms with van der Waals surface area (Å²) in [6.45, 7) is 5.67. The summed E-state index contributed by atoms with van der Waals surface area (Å²) in [6, 6.07) is 2.30. The van der Waals surface area contributed by atoms with Crippen LogP contribution in [0.4, 0.5) is 17.3 Å². The third-order valence-electron chi connectivity index (χ3n) is 7.22. The fraction of sp³-hybridized carbons (Fsp3) is 0.571. The lowest BCUT2D eigenvalue weighted by Crippen LogP contribution is -2.50. The van der Waals surface area contributed by atoms with Gasteiger partial charge in [0, 0.05) is 36.0 Å². The van der Waals surface area contributed by atoms with Crippen molar-refractivity contribution in [1.29, 1.82) is 0 Å². The van der Waals surface area contributed by atoms with E-state index in [1.165, 1.54) is 10.6 Å². The highest BCUT2D eigenvalue weighted by atomic mass is 32.1. The van der Waals surface area contributed by atoms with Crippen molar-refractivity contribution in [3.8, 4) is 0 Å². The number of nitrogens with zero attached hydrogens (tertiary/aromatic N) is 5. The Balaban J connectivity index is 1.24. The maximum absolute atomic E-state index is 6.46. The lowest BCUT2D eigenvalue weighted by molar-refractivity contribution is 0.0974. The number of anilines is 3. The van der Waals surface area contributed by atoms with Crippen LogP contribution in [0.3, 0.4) is 0 Å². The van der Waals surface area contributed by atoms with E-state index in [1.807, 2.05) is 17.5 Å². The molecule has 0 radical (unpaired) electrons. The van der Waals surface area contributed by atoms with Crippen molar-refractivity contribution in [3.63, 3.8) is 0 Å². The number of rotatable bonds is 2. The number of aromatic amines is 1. The van der Waals surface area contributed by atoms with Crippen LogP contribution in [0.15, 0.2) is 17.6 Å². The smallest absolute Gasteiger partial charge is 0.183 e. The highest BCUT2D eigenvalue weighted by Crippen LogP contribution is 2.42. The predicted octanol–water partition coefficient (Wildman–Crippen LogP) is 2.83. The van der Waals surface area contributed by atoms with Crippen LogP contribution in [0, 0.1) is 5.41 Å². The number of H-pyrrole nitrogens is 1. The van der Waals surface area contributed by atoms with Crippen LogP contribution in [0.25, 0.3) is 11.2 Å². The van der Waals surface area contributed by atoms with Gasteiger partial charge in [0.1, 0.15) is 5.82 Å². The number of nitrogens with one attached hydrogen (secondary N) is 1. The Morgan fingerprint density at radius 3 is 2.97 bits per heavy atom. The zero-order valence-electron chi connectivity index (χ0n) is 17.2. The minimum absolute atomic E-state index is 0.112. The van der Waals surface area contributed by atoms with Crippen LogP contribution < -0.4 is 15.5 Å². The predicted molar refractivity (Wildman–Crippen MR) is 119 cm³/mol. The summed E-state index contributed by atoms with van der Waals surface area (Å²) in [5.41, 5.74) is 9.42. The Kier molecular flexibility index (Phi) is 4.26. The summed E-state index contributed by atoms with van der Waals surface area (Å²) in [5, 5.41) is 9.87. The molecule has 1 spiro atoms. The highest BCUT2D eigenvalue weighted by molar-refractivity contribution is 7.10. The summed E-state index contributed by atoms with van der Waals surface area (Å²) in [6.07, 6.45) is 6.38. The number of nitrogens with two attached hydrogens (primary N) is 1. The second-order valence-corrected chi connectivity index (χ2v) is 9.85. The van der Waals surface area contributed by atoms with Gasteiger partial charge in [-0.25, -0.2) is 9.97 Å². The minimum atomic E-state index is 0.112. The van der Waals surface area contributed by atoms with E-state index in [-0.39, 0.29) is 17.6 Å². The molecule has 3 N–H and O–H groups in total. The molecular formula is C21H27N7OS. The van der Waals surface area contributed by atoms with Gasteiger partial charge in [0.2, 0.25) is 0 Å². The lowest BCUT2D eigenvalue weighted by atomic mass is 9.73. The van der Waals surface area contributed by atoms with E-state index < -0.39 is 0 Å². The summed E-state index contributed by atoms with van der Waals surface area (Å²) in [7, 11) is 0. The largest absolute Gasteiger partial charge is 0.376 e. The van der Waals surface area contributed by atoms with Gasteiger partial charge >= 0.3 is 0 Å². The van der Waals surface area contributed by atoms with E-state index in [1.54, 1.807) is 0 Å². The standard InChI is InChI=1S/C21H27N7OS/c1-13-18(22)21(12-29-13)5-8-27(9-6-21)16-11-23-17-19(24-16)25-26-20(17)28-7-2-3-15-14(28)4-10-30-15/h4,10-11,13,18H,2-3,5-9,12,22H2,1H3,(H,24,25,26)/t13-,18+/m0/s1. The first-order valence-corrected chi connectivity index (χ1v) is 11.7. The molecule has 0 unspecified atom stereocenters. The molecule has 3 aromatic rings. The minimum Gasteiger partial charge on any atom is -0.376 e. The van der Waals surface area contributed by atoms with Crippen molar-refractivity contribution in [2.24, 2.45) is 11.1 Å².